The lowest BCUT2D eigenvalue weighted by Crippen LogP contribution is -2.62. The van der Waals surface area contributed by atoms with Gasteiger partial charge < -0.3 is 0 Å². The molecule has 0 amide bonds. The Balaban J connectivity index is 1.60. The lowest BCUT2D eigenvalue weighted by molar-refractivity contribution is -0.180. The van der Waals surface area contributed by atoms with Gasteiger partial charge in [0.05, 0.1) is 0 Å². The van der Waals surface area contributed by atoms with Crippen LogP contribution in [-0.4, -0.2) is 0 Å². The van der Waals surface area contributed by atoms with Crippen molar-refractivity contribution in [3.8, 4) is 0 Å². The summed E-state index contributed by atoms with van der Waals surface area (Å²) in [6.45, 7) is 21.2. The van der Waals surface area contributed by atoms with Crippen molar-refractivity contribution >= 4 is 0 Å². The maximum atomic E-state index is 2.77. The van der Waals surface area contributed by atoms with Gasteiger partial charge in [-0.2, -0.15) is 0 Å². The molecule has 5 rings (SSSR count). The van der Waals surface area contributed by atoms with Crippen LogP contribution in [0.4, 0.5) is 0 Å². The van der Waals surface area contributed by atoms with Gasteiger partial charge in [-0.05, 0) is 115 Å². The van der Waals surface area contributed by atoms with Crippen molar-refractivity contribution in [3.05, 3.63) is 11.1 Å². The van der Waals surface area contributed by atoms with Gasteiger partial charge in [-0.15, -0.1) is 0 Å². The molecule has 0 nitrogen and oxygen atoms in total. The zero-order valence-corrected chi connectivity index (χ0v) is 21.6. The van der Waals surface area contributed by atoms with E-state index >= 15 is 0 Å². The summed E-state index contributed by atoms with van der Waals surface area (Å²) in [5.74, 6) is 1.87. The van der Waals surface area contributed by atoms with E-state index in [2.05, 4.69) is 55.4 Å². The topological polar surface area (TPSA) is 0 Å². The molecule has 6 atom stereocenters. The predicted octanol–water partition coefficient (Wildman–Crippen LogP) is 9.34. The van der Waals surface area contributed by atoms with E-state index in [4.69, 9.17) is 0 Å². The largest absolute Gasteiger partial charge is 0.0640 e. The van der Waals surface area contributed by atoms with Gasteiger partial charge in [-0.25, -0.2) is 0 Å². The maximum absolute atomic E-state index is 2.77. The van der Waals surface area contributed by atoms with E-state index in [1.54, 1.807) is 0 Å². The highest BCUT2D eigenvalue weighted by Gasteiger charge is 2.66. The number of rotatable bonds is 0. The van der Waals surface area contributed by atoms with Crippen LogP contribution in [0.25, 0.3) is 0 Å². The van der Waals surface area contributed by atoms with E-state index in [0.29, 0.717) is 32.5 Å². The van der Waals surface area contributed by atoms with Crippen LogP contribution in [0.1, 0.15) is 132 Å². The predicted molar refractivity (Wildman–Crippen MR) is 129 cm³/mol. The number of allylic oxidation sites excluding steroid dienone is 2. The first-order valence-electron chi connectivity index (χ1n) is 13.5. The van der Waals surface area contributed by atoms with Crippen LogP contribution in [0, 0.1) is 44.3 Å². The minimum absolute atomic E-state index is 0.452. The Morgan fingerprint density at radius 2 is 1.33 bits per heavy atom. The molecule has 0 spiro atoms. The normalized spacial score (nSPS) is 52.0. The molecule has 0 heteroatoms. The van der Waals surface area contributed by atoms with E-state index in [1.165, 1.54) is 77.0 Å². The Morgan fingerprint density at radius 1 is 0.633 bits per heavy atom. The number of fused-ring (bicyclic) bond motifs is 6. The van der Waals surface area contributed by atoms with E-state index in [1.807, 2.05) is 11.1 Å². The van der Waals surface area contributed by atoms with Crippen LogP contribution in [0.2, 0.25) is 0 Å². The molecule has 5 aliphatic rings. The quantitative estimate of drug-likeness (QED) is 0.349. The molecule has 170 valence electrons. The summed E-state index contributed by atoms with van der Waals surface area (Å²) < 4.78 is 0. The Morgan fingerprint density at radius 3 is 2.07 bits per heavy atom. The smallest absolute Gasteiger partial charge is 0.00566 e. The molecule has 0 saturated heterocycles. The molecule has 0 aliphatic heterocycles. The van der Waals surface area contributed by atoms with Crippen LogP contribution in [-0.2, 0) is 0 Å². The van der Waals surface area contributed by atoms with Crippen molar-refractivity contribution in [2.24, 2.45) is 44.3 Å². The highest BCUT2D eigenvalue weighted by molar-refractivity contribution is 5.37. The summed E-state index contributed by atoms with van der Waals surface area (Å²) in [6.07, 6.45) is 17.4. The lowest BCUT2D eigenvalue weighted by Gasteiger charge is -2.70. The average molecular weight is 411 g/mol. The fraction of sp³-hybridized carbons (Fsp3) is 0.933. The molecule has 4 fully saturated rings. The first kappa shape index (κ1) is 21.6. The minimum atomic E-state index is 0.452. The molecular weight excluding hydrogens is 360 g/mol. The highest BCUT2D eigenvalue weighted by Crippen LogP contribution is 2.75. The van der Waals surface area contributed by atoms with Gasteiger partial charge in [0, 0.05) is 0 Å². The molecule has 0 N–H and O–H groups in total. The standard InChI is InChI=1S/C30H50/c1-25(2)16-17-27(5)18-19-29(7)21(22(27)20-25)10-11-24-28(6)14-9-13-26(3,4)23(28)12-15-30(24,29)8/h23-24H,9-20H2,1-8H3/t23-,24+,27+,28+,29+,30-/m1/s1. The minimum Gasteiger partial charge on any atom is -0.0640 e. The van der Waals surface area contributed by atoms with Crippen molar-refractivity contribution in [1.82, 2.24) is 0 Å². The molecular formula is C30H50. The molecule has 0 bridgehead atoms. The molecule has 0 aromatic heterocycles. The third-order valence-electron chi connectivity index (χ3n) is 12.7. The summed E-state index contributed by atoms with van der Waals surface area (Å²) >= 11 is 0. The third-order valence-corrected chi connectivity index (χ3v) is 12.7. The van der Waals surface area contributed by atoms with Crippen LogP contribution < -0.4 is 0 Å². The van der Waals surface area contributed by atoms with Gasteiger partial charge in [-0.3, -0.25) is 0 Å². The second kappa shape index (κ2) is 6.20. The fourth-order valence-corrected chi connectivity index (χ4v) is 10.6. The van der Waals surface area contributed by atoms with E-state index in [-0.39, 0.29) is 0 Å². The Bertz CT molecular complexity index is 767. The number of hydrogen-bond donors (Lipinski definition) is 0. The molecule has 4 saturated carbocycles. The fourth-order valence-electron chi connectivity index (χ4n) is 10.6. The van der Waals surface area contributed by atoms with Crippen molar-refractivity contribution in [3.63, 3.8) is 0 Å². The maximum Gasteiger partial charge on any atom is -0.00566 e. The summed E-state index contributed by atoms with van der Waals surface area (Å²) in [6, 6.07) is 0. The lowest BCUT2D eigenvalue weighted by atomic mass is 9.34. The highest BCUT2D eigenvalue weighted by atomic mass is 14.7. The zero-order valence-electron chi connectivity index (χ0n) is 21.6. The molecule has 0 heterocycles. The van der Waals surface area contributed by atoms with Gasteiger partial charge in [0.1, 0.15) is 0 Å². The Hall–Kier alpha value is -0.260. The Kier molecular flexibility index (Phi) is 4.46. The van der Waals surface area contributed by atoms with E-state index in [9.17, 15) is 0 Å². The first-order valence-corrected chi connectivity index (χ1v) is 13.5. The molecule has 0 aromatic carbocycles. The van der Waals surface area contributed by atoms with Crippen molar-refractivity contribution in [2.75, 3.05) is 0 Å². The third kappa shape index (κ3) is 2.64. The van der Waals surface area contributed by atoms with Crippen LogP contribution in [0.5, 0.6) is 0 Å². The summed E-state index contributed by atoms with van der Waals surface area (Å²) in [4.78, 5) is 0. The summed E-state index contributed by atoms with van der Waals surface area (Å²) in [5.41, 5.74) is 7.02. The van der Waals surface area contributed by atoms with E-state index in [0.717, 1.165) is 11.8 Å². The monoisotopic (exact) mass is 410 g/mol. The molecule has 5 aliphatic carbocycles. The molecule has 0 unspecified atom stereocenters. The second-order valence-electron chi connectivity index (χ2n) is 15.1. The van der Waals surface area contributed by atoms with Crippen molar-refractivity contribution in [1.29, 1.82) is 0 Å². The second-order valence-corrected chi connectivity index (χ2v) is 15.1. The molecule has 30 heavy (non-hydrogen) atoms. The number of hydrogen-bond acceptors (Lipinski definition) is 0. The average Bonchev–Trinajstić information content (AvgIpc) is 2.63. The molecule has 0 aromatic rings. The van der Waals surface area contributed by atoms with Crippen LogP contribution >= 0.6 is 0 Å². The van der Waals surface area contributed by atoms with Crippen molar-refractivity contribution in [2.45, 2.75) is 132 Å². The first-order chi connectivity index (χ1) is 13.8. The van der Waals surface area contributed by atoms with Crippen LogP contribution in [0.3, 0.4) is 0 Å². The van der Waals surface area contributed by atoms with Crippen molar-refractivity contribution < 1.29 is 0 Å². The zero-order chi connectivity index (χ0) is 21.8. The van der Waals surface area contributed by atoms with Gasteiger partial charge in [-0.1, -0.05) is 73.0 Å². The van der Waals surface area contributed by atoms with Gasteiger partial charge in [0.15, 0.2) is 0 Å². The van der Waals surface area contributed by atoms with E-state index < -0.39 is 0 Å². The Labute approximate surface area is 188 Å². The van der Waals surface area contributed by atoms with Gasteiger partial charge >= 0.3 is 0 Å². The summed E-state index contributed by atoms with van der Waals surface area (Å²) in [5, 5.41) is 0. The van der Waals surface area contributed by atoms with Gasteiger partial charge in [0.2, 0.25) is 0 Å². The molecule has 0 radical (unpaired) electrons. The summed E-state index contributed by atoms with van der Waals surface area (Å²) in [7, 11) is 0. The van der Waals surface area contributed by atoms with Crippen LogP contribution in [0.15, 0.2) is 11.1 Å². The van der Waals surface area contributed by atoms with Gasteiger partial charge in [0.25, 0.3) is 0 Å². The SMILES string of the molecule is CC1(C)CC[C@@]2(C)CC[C@@]3(C)C(=C2C1)CC[C@H]1[C@@]2(C)CCCC(C)(C)[C@H]2CC[C@]13C.